The summed E-state index contributed by atoms with van der Waals surface area (Å²) >= 11 is 0. The Morgan fingerprint density at radius 3 is 2.44 bits per heavy atom. The summed E-state index contributed by atoms with van der Waals surface area (Å²) < 4.78 is 0. The first-order valence-electron chi connectivity index (χ1n) is 2.65. The fourth-order valence-electron chi connectivity index (χ4n) is 0.685. The molecule has 1 rings (SSSR count). The van der Waals surface area contributed by atoms with Crippen molar-refractivity contribution in [2.24, 2.45) is 5.92 Å². The molecule has 0 aromatic carbocycles. The van der Waals surface area contributed by atoms with Crippen molar-refractivity contribution in [3.05, 3.63) is 24.3 Å². The van der Waals surface area contributed by atoms with Crippen molar-refractivity contribution in [2.45, 2.75) is 0 Å². The average molecular weight is 126 g/mol. The molecule has 0 radical (unpaired) electrons. The Hall–Kier alpha value is -1.09. The van der Waals surface area contributed by atoms with Crippen molar-refractivity contribution < 1.29 is 15.5 Å². The summed E-state index contributed by atoms with van der Waals surface area (Å²) in [7, 11) is 0. The Bertz CT molecular complexity index is 160. The van der Waals surface area contributed by atoms with Crippen molar-refractivity contribution in [3.8, 4) is 0 Å². The van der Waals surface area contributed by atoms with Crippen molar-refractivity contribution >= 4 is 5.97 Å². The molecule has 0 unspecified atom stereocenters. The average Bonchev–Trinajstić information content (AvgIpc) is 2.37. The molecule has 0 aliphatic heterocycles. The van der Waals surface area contributed by atoms with E-state index in [9.17, 15) is 4.79 Å². The third-order valence-electron chi connectivity index (χ3n) is 1.16. The van der Waals surface area contributed by atoms with Gasteiger partial charge in [-0.05, 0) is 0 Å². The number of quaternary nitrogens is 1. The molecule has 0 aromatic rings. The van der Waals surface area contributed by atoms with E-state index in [0.717, 1.165) is 0 Å². The van der Waals surface area contributed by atoms with Crippen LogP contribution >= 0.6 is 0 Å². The highest BCUT2D eigenvalue weighted by atomic mass is 16.7. The maximum Gasteiger partial charge on any atom is 0.376 e. The summed E-state index contributed by atoms with van der Waals surface area (Å²) in [5.74, 6) is 2.50. The Balaban J connectivity index is 2.53. The zero-order valence-corrected chi connectivity index (χ0v) is 4.91. The topological polar surface area (TPSA) is 53.9 Å². The Kier molecular flexibility index (Phi) is 1.65. The minimum Gasteiger partial charge on any atom is -0.281 e. The molecule has 1 aliphatic rings. The van der Waals surface area contributed by atoms with Crippen LogP contribution in [0.15, 0.2) is 24.3 Å². The molecule has 0 saturated heterocycles. The van der Waals surface area contributed by atoms with Gasteiger partial charge in [-0.1, -0.05) is 24.3 Å². The first-order valence-corrected chi connectivity index (χ1v) is 2.65. The summed E-state index contributed by atoms with van der Waals surface area (Å²) in [6.45, 7) is 0. The van der Waals surface area contributed by atoms with Crippen molar-refractivity contribution in [1.82, 2.24) is 0 Å². The fourth-order valence-corrected chi connectivity index (χ4v) is 0.685. The monoisotopic (exact) mass is 126 g/mol. The standard InChI is InChI=1S/C6H8NO2/c7-9-6(8)5-3-1-2-4-5/h1-5H,7H3/q+1. The van der Waals surface area contributed by atoms with Gasteiger partial charge in [0.1, 0.15) is 0 Å². The smallest absolute Gasteiger partial charge is 0.281 e. The molecule has 1 aliphatic carbocycles. The lowest BCUT2D eigenvalue weighted by Gasteiger charge is -1.95. The van der Waals surface area contributed by atoms with E-state index in [1.54, 1.807) is 12.2 Å². The highest BCUT2D eigenvalue weighted by Crippen LogP contribution is 2.08. The highest BCUT2D eigenvalue weighted by molar-refractivity contribution is 5.76. The number of rotatable bonds is 1. The first-order chi connectivity index (χ1) is 4.34. The lowest BCUT2D eigenvalue weighted by Crippen LogP contribution is -2.52. The van der Waals surface area contributed by atoms with Crippen LogP contribution in [0.4, 0.5) is 0 Å². The van der Waals surface area contributed by atoms with Crippen molar-refractivity contribution in [2.75, 3.05) is 0 Å². The molecule has 0 bridgehead atoms. The van der Waals surface area contributed by atoms with Crippen LogP contribution in [0.1, 0.15) is 0 Å². The van der Waals surface area contributed by atoms with E-state index in [4.69, 9.17) is 0 Å². The van der Waals surface area contributed by atoms with Gasteiger partial charge in [0.25, 0.3) is 0 Å². The van der Waals surface area contributed by atoms with E-state index in [-0.39, 0.29) is 11.9 Å². The van der Waals surface area contributed by atoms with Gasteiger partial charge in [0, 0.05) is 0 Å². The predicted molar refractivity (Wildman–Crippen MR) is 30.8 cm³/mol. The zero-order chi connectivity index (χ0) is 6.69. The molecule has 3 N–H and O–H groups in total. The summed E-state index contributed by atoms with van der Waals surface area (Å²) in [6.07, 6.45) is 7.13. The third-order valence-corrected chi connectivity index (χ3v) is 1.16. The van der Waals surface area contributed by atoms with Crippen LogP contribution in [0, 0.1) is 5.92 Å². The van der Waals surface area contributed by atoms with Gasteiger partial charge < -0.3 is 0 Å². The molecule has 0 fully saturated rings. The number of hydrogen-bond acceptors (Lipinski definition) is 2. The Morgan fingerprint density at radius 2 is 2.00 bits per heavy atom. The van der Waals surface area contributed by atoms with Gasteiger partial charge in [-0.3, -0.25) is 4.84 Å². The van der Waals surface area contributed by atoms with Crippen molar-refractivity contribution in [1.29, 1.82) is 0 Å². The second kappa shape index (κ2) is 2.46. The molecule has 0 saturated carbocycles. The van der Waals surface area contributed by atoms with E-state index in [0.29, 0.717) is 0 Å². The molecule has 0 aromatic heterocycles. The minimum atomic E-state index is -0.306. The van der Waals surface area contributed by atoms with E-state index in [2.05, 4.69) is 10.7 Å². The second-order valence-electron chi connectivity index (χ2n) is 1.76. The van der Waals surface area contributed by atoms with E-state index < -0.39 is 0 Å². The lowest BCUT2D eigenvalue weighted by atomic mass is 10.2. The van der Waals surface area contributed by atoms with Gasteiger partial charge in [-0.2, -0.15) is 5.90 Å². The van der Waals surface area contributed by atoms with Crippen LogP contribution in [0.25, 0.3) is 0 Å². The van der Waals surface area contributed by atoms with Gasteiger partial charge in [-0.15, -0.1) is 0 Å². The van der Waals surface area contributed by atoms with Crippen LogP contribution in [-0.2, 0) is 9.63 Å². The predicted octanol–water partition coefficient (Wildman–Crippen LogP) is -0.571. The van der Waals surface area contributed by atoms with E-state index in [1.807, 2.05) is 12.2 Å². The summed E-state index contributed by atoms with van der Waals surface area (Å²) in [6, 6.07) is 0. The molecule has 0 amide bonds. The number of carbonyl (C=O) groups is 1. The number of hydrogen-bond donors (Lipinski definition) is 1. The first kappa shape index (κ1) is 6.04. The minimum absolute atomic E-state index is 0.206. The maximum absolute atomic E-state index is 10.6. The molecule has 9 heavy (non-hydrogen) atoms. The molecule has 0 heterocycles. The Morgan fingerprint density at radius 1 is 1.44 bits per heavy atom. The quantitative estimate of drug-likeness (QED) is 0.478. The normalized spacial score (nSPS) is 16.6. The molecule has 3 heteroatoms. The van der Waals surface area contributed by atoms with Gasteiger partial charge in [0.15, 0.2) is 0 Å². The van der Waals surface area contributed by atoms with Crippen molar-refractivity contribution in [3.63, 3.8) is 0 Å². The maximum atomic E-state index is 10.6. The molecule has 3 nitrogen and oxygen atoms in total. The van der Waals surface area contributed by atoms with Gasteiger partial charge >= 0.3 is 5.97 Å². The van der Waals surface area contributed by atoms with Crippen LogP contribution in [-0.4, -0.2) is 5.97 Å². The molecular formula is C6H8NO2+. The Labute approximate surface area is 52.7 Å². The van der Waals surface area contributed by atoms with E-state index >= 15 is 0 Å². The largest absolute Gasteiger partial charge is 0.376 e. The zero-order valence-electron chi connectivity index (χ0n) is 4.91. The van der Waals surface area contributed by atoms with Gasteiger partial charge in [-0.25, -0.2) is 4.79 Å². The molecular weight excluding hydrogens is 118 g/mol. The second-order valence-corrected chi connectivity index (χ2v) is 1.76. The SMILES string of the molecule is [NH3+]OC(=O)C1C=CC=C1. The lowest BCUT2D eigenvalue weighted by molar-refractivity contribution is -0.657. The summed E-state index contributed by atoms with van der Waals surface area (Å²) in [4.78, 5) is 14.9. The van der Waals surface area contributed by atoms with Crippen LogP contribution < -0.4 is 5.90 Å². The van der Waals surface area contributed by atoms with Crippen LogP contribution in [0.3, 0.4) is 0 Å². The molecule has 0 atom stereocenters. The number of allylic oxidation sites excluding steroid dienone is 2. The summed E-state index contributed by atoms with van der Waals surface area (Å²) in [5.41, 5.74) is 0. The van der Waals surface area contributed by atoms with Crippen LogP contribution in [0.5, 0.6) is 0 Å². The summed E-state index contributed by atoms with van der Waals surface area (Å²) in [5, 5.41) is 0. The molecule has 0 spiro atoms. The van der Waals surface area contributed by atoms with Gasteiger partial charge in [0.05, 0.1) is 5.92 Å². The third kappa shape index (κ3) is 1.17. The van der Waals surface area contributed by atoms with Gasteiger partial charge in [0.2, 0.25) is 0 Å². The fraction of sp³-hybridized carbons (Fsp3) is 0.167. The van der Waals surface area contributed by atoms with E-state index in [1.165, 1.54) is 0 Å². The molecule has 48 valence electrons. The number of carbonyl (C=O) groups excluding carboxylic acids is 1. The highest BCUT2D eigenvalue weighted by Gasteiger charge is 2.15. The van der Waals surface area contributed by atoms with Crippen LogP contribution in [0.2, 0.25) is 0 Å².